The Kier molecular flexibility index (Phi) is 6.26. The molecular formula is C25H25ClN4. The quantitative estimate of drug-likeness (QED) is 0.219. The number of nitrogens with zero attached hydrogens (tertiary/aromatic N) is 4. The zero-order valence-corrected chi connectivity index (χ0v) is 18.0. The van der Waals surface area contributed by atoms with Crippen LogP contribution >= 0.6 is 11.6 Å². The summed E-state index contributed by atoms with van der Waals surface area (Å²) in [6, 6.07) is 22.6. The van der Waals surface area contributed by atoms with Crippen molar-refractivity contribution in [1.29, 1.82) is 0 Å². The van der Waals surface area contributed by atoms with E-state index in [9.17, 15) is 0 Å². The van der Waals surface area contributed by atoms with Crippen LogP contribution in [0.3, 0.4) is 0 Å². The number of fused-ring (bicyclic) bond motifs is 1. The standard InChI is InChI=1S/C25H25ClN4/c1-29(2)15-6-14-27-18-19-9-11-20(12-10-19)23-17-24(26)28-25-22(23)13-16-30(25)21-7-4-3-5-8-21/h3-5,7-13,16-18H,6,14-15H2,1-2H3. The Balaban J connectivity index is 1.60. The lowest BCUT2D eigenvalue weighted by Crippen LogP contribution is -2.13. The summed E-state index contributed by atoms with van der Waals surface area (Å²) in [4.78, 5) is 11.3. The Morgan fingerprint density at radius 3 is 2.53 bits per heavy atom. The number of para-hydroxylation sites is 1. The van der Waals surface area contributed by atoms with Gasteiger partial charge >= 0.3 is 0 Å². The van der Waals surface area contributed by atoms with E-state index in [1.54, 1.807) is 0 Å². The Bertz CT molecular complexity index is 1150. The molecule has 152 valence electrons. The summed E-state index contributed by atoms with van der Waals surface area (Å²) < 4.78 is 2.07. The summed E-state index contributed by atoms with van der Waals surface area (Å²) in [7, 11) is 4.16. The van der Waals surface area contributed by atoms with E-state index in [-0.39, 0.29) is 0 Å². The van der Waals surface area contributed by atoms with Gasteiger partial charge in [-0.15, -0.1) is 0 Å². The molecule has 0 saturated carbocycles. The number of benzene rings is 2. The molecule has 2 aromatic heterocycles. The van der Waals surface area contributed by atoms with Gasteiger partial charge in [-0.3, -0.25) is 4.99 Å². The topological polar surface area (TPSA) is 33.4 Å². The van der Waals surface area contributed by atoms with Gasteiger partial charge in [-0.25, -0.2) is 4.98 Å². The van der Waals surface area contributed by atoms with E-state index in [1.807, 2.05) is 36.7 Å². The number of halogens is 1. The van der Waals surface area contributed by atoms with E-state index < -0.39 is 0 Å². The second-order valence-corrected chi connectivity index (χ2v) is 7.95. The van der Waals surface area contributed by atoms with E-state index in [0.29, 0.717) is 5.15 Å². The normalized spacial score (nSPS) is 11.7. The lowest BCUT2D eigenvalue weighted by Gasteiger charge is -2.08. The smallest absolute Gasteiger partial charge is 0.146 e. The fourth-order valence-corrected chi connectivity index (χ4v) is 3.70. The van der Waals surface area contributed by atoms with Crippen LogP contribution in [0.4, 0.5) is 0 Å². The molecule has 0 bridgehead atoms. The monoisotopic (exact) mass is 416 g/mol. The third-order valence-corrected chi connectivity index (χ3v) is 5.21. The van der Waals surface area contributed by atoms with Crippen LogP contribution in [0.2, 0.25) is 5.15 Å². The molecule has 0 saturated heterocycles. The van der Waals surface area contributed by atoms with Crippen LogP contribution in [0.25, 0.3) is 27.8 Å². The van der Waals surface area contributed by atoms with Crippen molar-refractivity contribution in [2.75, 3.05) is 27.2 Å². The highest BCUT2D eigenvalue weighted by Gasteiger charge is 2.12. The third kappa shape index (κ3) is 4.61. The Morgan fingerprint density at radius 2 is 1.80 bits per heavy atom. The van der Waals surface area contributed by atoms with Gasteiger partial charge in [0.15, 0.2) is 0 Å². The molecule has 0 unspecified atom stereocenters. The summed E-state index contributed by atoms with van der Waals surface area (Å²) in [6.45, 7) is 1.89. The molecule has 0 aliphatic rings. The van der Waals surface area contributed by atoms with Crippen LogP contribution in [0, 0.1) is 0 Å². The largest absolute Gasteiger partial charge is 0.309 e. The molecule has 0 fully saturated rings. The van der Waals surface area contributed by atoms with Crippen LogP contribution < -0.4 is 0 Å². The van der Waals surface area contributed by atoms with Gasteiger partial charge in [0.1, 0.15) is 10.8 Å². The van der Waals surface area contributed by atoms with E-state index in [4.69, 9.17) is 11.6 Å². The number of aromatic nitrogens is 2. The maximum atomic E-state index is 6.39. The number of rotatable bonds is 7. The van der Waals surface area contributed by atoms with Crippen molar-refractivity contribution in [1.82, 2.24) is 14.5 Å². The van der Waals surface area contributed by atoms with Gasteiger partial charge in [0.25, 0.3) is 0 Å². The van der Waals surface area contributed by atoms with Crippen LogP contribution in [0.15, 0.2) is 77.9 Å². The maximum Gasteiger partial charge on any atom is 0.146 e. The fourth-order valence-electron chi connectivity index (χ4n) is 3.51. The minimum absolute atomic E-state index is 0.486. The SMILES string of the molecule is CN(C)CCCN=Cc1ccc(-c2cc(Cl)nc3c2ccn3-c2ccccc2)cc1. The van der Waals surface area contributed by atoms with Crippen molar-refractivity contribution in [2.45, 2.75) is 6.42 Å². The molecule has 0 aliphatic carbocycles. The molecule has 2 aromatic carbocycles. The van der Waals surface area contributed by atoms with Gasteiger partial charge < -0.3 is 9.47 Å². The van der Waals surface area contributed by atoms with Gasteiger partial charge in [-0.1, -0.05) is 54.1 Å². The molecule has 0 amide bonds. The molecule has 2 heterocycles. The first kappa shape index (κ1) is 20.3. The Hall–Kier alpha value is -2.95. The zero-order valence-electron chi connectivity index (χ0n) is 17.3. The van der Waals surface area contributed by atoms with Gasteiger partial charge in [-0.05, 0) is 68.0 Å². The summed E-state index contributed by atoms with van der Waals surface area (Å²) >= 11 is 6.39. The van der Waals surface area contributed by atoms with Gasteiger partial charge in [0.05, 0.1) is 0 Å². The Morgan fingerprint density at radius 1 is 1.03 bits per heavy atom. The second-order valence-electron chi connectivity index (χ2n) is 7.57. The number of aliphatic imine (C=N–C) groups is 1. The predicted molar refractivity (Wildman–Crippen MR) is 127 cm³/mol. The van der Waals surface area contributed by atoms with Crippen LogP contribution in [0.1, 0.15) is 12.0 Å². The minimum atomic E-state index is 0.486. The average molecular weight is 417 g/mol. The number of pyridine rings is 1. The van der Waals surface area contributed by atoms with Gasteiger partial charge in [-0.2, -0.15) is 0 Å². The predicted octanol–water partition coefficient (Wildman–Crippen LogP) is 5.72. The first-order valence-corrected chi connectivity index (χ1v) is 10.5. The second kappa shape index (κ2) is 9.24. The molecule has 0 radical (unpaired) electrons. The summed E-state index contributed by atoms with van der Waals surface area (Å²) in [5, 5.41) is 1.56. The van der Waals surface area contributed by atoms with Crippen molar-refractivity contribution >= 4 is 28.8 Å². The van der Waals surface area contributed by atoms with Crippen LogP contribution in [0.5, 0.6) is 0 Å². The van der Waals surface area contributed by atoms with Crippen molar-refractivity contribution in [3.8, 4) is 16.8 Å². The van der Waals surface area contributed by atoms with Crippen molar-refractivity contribution in [3.63, 3.8) is 0 Å². The lowest BCUT2D eigenvalue weighted by molar-refractivity contribution is 0.403. The molecule has 0 atom stereocenters. The highest BCUT2D eigenvalue weighted by molar-refractivity contribution is 6.30. The molecule has 30 heavy (non-hydrogen) atoms. The van der Waals surface area contributed by atoms with Crippen molar-refractivity contribution in [3.05, 3.63) is 83.6 Å². The lowest BCUT2D eigenvalue weighted by atomic mass is 10.0. The van der Waals surface area contributed by atoms with E-state index >= 15 is 0 Å². The summed E-state index contributed by atoms with van der Waals surface area (Å²) in [5.74, 6) is 0. The molecule has 4 rings (SSSR count). The van der Waals surface area contributed by atoms with Gasteiger partial charge in [0.2, 0.25) is 0 Å². The van der Waals surface area contributed by atoms with E-state index in [0.717, 1.165) is 52.9 Å². The number of hydrogen-bond acceptors (Lipinski definition) is 3. The highest BCUT2D eigenvalue weighted by atomic mass is 35.5. The molecule has 4 nitrogen and oxygen atoms in total. The first-order chi connectivity index (χ1) is 14.6. The molecule has 0 N–H and O–H groups in total. The maximum absolute atomic E-state index is 6.39. The summed E-state index contributed by atoms with van der Waals surface area (Å²) in [5.41, 5.74) is 5.21. The summed E-state index contributed by atoms with van der Waals surface area (Å²) in [6.07, 6.45) is 5.05. The molecular weight excluding hydrogens is 392 g/mol. The fraction of sp³-hybridized carbons (Fsp3) is 0.200. The average Bonchev–Trinajstić information content (AvgIpc) is 3.17. The van der Waals surface area contributed by atoms with Crippen molar-refractivity contribution in [2.24, 2.45) is 4.99 Å². The van der Waals surface area contributed by atoms with E-state index in [1.165, 1.54) is 0 Å². The molecule has 0 spiro atoms. The van der Waals surface area contributed by atoms with Crippen LogP contribution in [-0.2, 0) is 0 Å². The number of hydrogen-bond donors (Lipinski definition) is 0. The van der Waals surface area contributed by atoms with E-state index in [2.05, 4.69) is 76.0 Å². The van der Waals surface area contributed by atoms with Gasteiger partial charge in [0, 0.05) is 30.0 Å². The minimum Gasteiger partial charge on any atom is -0.309 e. The molecule has 5 heteroatoms. The molecule has 4 aromatic rings. The Labute approximate surface area is 182 Å². The zero-order chi connectivity index (χ0) is 20.9. The first-order valence-electron chi connectivity index (χ1n) is 10.1. The van der Waals surface area contributed by atoms with Crippen LogP contribution in [-0.4, -0.2) is 47.9 Å². The molecule has 0 aliphatic heterocycles. The van der Waals surface area contributed by atoms with Crippen molar-refractivity contribution < 1.29 is 0 Å². The highest BCUT2D eigenvalue weighted by Crippen LogP contribution is 2.32. The third-order valence-electron chi connectivity index (χ3n) is 5.01.